The maximum Gasteiger partial charge on any atom is 0.302 e. The van der Waals surface area contributed by atoms with Crippen LogP contribution in [0.4, 0.5) is 0 Å². The molecule has 1 aliphatic carbocycles. The topological polar surface area (TPSA) is 35.5 Å². The lowest BCUT2D eigenvalue weighted by molar-refractivity contribution is -0.139. The Morgan fingerprint density at radius 2 is 2.40 bits per heavy atom. The average molecular weight is 322 g/mol. The van der Waals surface area contributed by atoms with Crippen molar-refractivity contribution in [2.75, 3.05) is 13.2 Å². The molecule has 2 fully saturated rings. The van der Waals surface area contributed by atoms with E-state index < -0.39 is 0 Å². The van der Waals surface area contributed by atoms with Crippen molar-refractivity contribution in [2.24, 2.45) is 5.92 Å². The minimum absolute atomic E-state index is 0.216. The number of rotatable bonds is 2. The molecule has 0 radical (unpaired) electrons. The van der Waals surface area contributed by atoms with Crippen LogP contribution < -0.4 is 0 Å². The fourth-order valence-electron chi connectivity index (χ4n) is 2.37. The van der Waals surface area contributed by atoms with Gasteiger partial charge >= 0.3 is 5.97 Å². The van der Waals surface area contributed by atoms with Crippen LogP contribution in [0.2, 0.25) is 0 Å². The highest BCUT2D eigenvalue weighted by atomic mass is 127. The Labute approximate surface area is 103 Å². The molecule has 2 atom stereocenters. The van der Waals surface area contributed by atoms with E-state index in [9.17, 15) is 4.79 Å². The number of carbonyl (C=O) groups is 1. The van der Waals surface area contributed by atoms with Gasteiger partial charge in [0, 0.05) is 16.4 Å². The Kier molecular flexibility index (Phi) is 3.66. The fourth-order valence-corrected chi connectivity index (χ4v) is 3.08. The number of fused-ring (bicyclic) bond motifs is 1. The van der Waals surface area contributed by atoms with E-state index in [2.05, 4.69) is 22.6 Å². The van der Waals surface area contributed by atoms with Gasteiger partial charge in [0.1, 0.15) is 6.61 Å². The van der Waals surface area contributed by atoms with Gasteiger partial charge in [-0.1, -0.05) is 6.42 Å². The first-order valence-electron chi connectivity index (χ1n) is 5.31. The highest BCUT2D eigenvalue weighted by Gasteiger charge is 2.37. The number of hydrogen-bond donors (Lipinski definition) is 0. The van der Waals surface area contributed by atoms with Crippen molar-refractivity contribution in [1.82, 2.24) is 0 Å². The van der Waals surface area contributed by atoms with Crippen LogP contribution in [0.25, 0.3) is 0 Å². The van der Waals surface area contributed by atoms with Crippen LogP contribution in [0.15, 0.2) is 9.15 Å². The SMILES string of the molecule is CC(=O)OC/C(I)=C1/CO[C@H]2CCC[C@@H]12. The van der Waals surface area contributed by atoms with Gasteiger partial charge in [-0.3, -0.25) is 4.79 Å². The van der Waals surface area contributed by atoms with Gasteiger partial charge in [0.2, 0.25) is 0 Å². The summed E-state index contributed by atoms with van der Waals surface area (Å²) in [6.45, 7) is 2.59. The third-order valence-electron chi connectivity index (χ3n) is 3.10. The minimum Gasteiger partial charge on any atom is -0.461 e. The van der Waals surface area contributed by atoms with Crippen molar-refractivity contribution in [3.63, 3.8) is 0 Å². The quantitative estimate of drug-likeness (QED) is 0.579. The summed E-state index contributed by atoms with van der Waals surface area (Å²) in [6.07, 6.45) is 4.11. The second-order valence-electron chi connectivity index (χ2n) is 4.10. The molecule has 0 unspecified atom stereocenters. The van der Waals surface area contributed by atoms with E-state index in [1.807, 2.05) is 0 Å². The molecular formula is C11H15IO3. The summed E-state index contributed by atoms with van der Waals surface area (Å²) in [7, 11) is 0. The zero-order valence-corrected chi connectivity index (χ0v) is 11.0. The van der Waals surface area contributed by atoms with E-state index in [-0.39, 0.29) is 5.97 Å². The maximum absolute atomic E-state index is 10.7. The molecule has 0 aromatic carbocycles. The Hall–Kier alpha value is -0.100. The van der Waals surface area contributed by atoms with Gasteiger partial charge < -0.3 is 9.47 Å². The first-order valence-corrected chi connectivity index (χ1v) is 6.38. The monoisotopic (exact) mass is 322 g/mol. The molecule has 1 aliphatic heterocycles. The summed E-state index contributed by atoms with van der Waals surface area (Å²) in [6, 6.07) is 0. The van der Waals surface area contributed by atoms with Crippen LogP contribution in [0.5, 0.6) is 0 Å². The fraction of sp³-hybridized carbons (Fsp3) is 0.727. The van der Waals surface area contributed by atoms with E-state index in [0.29, 0.717) is 18.6 Å². The molecule has 2 rings (SSSR count). The standard InChI is InChI=1S/C11H15IO3/c1-7(13)14-6-10(12)9-5-15-11-4-2-3-8(9)11/h8,11H,2-6H2,1H3/b10-9+/t8-,11-/m0/s1. The van der Waals surface area contributed by atoms with Crippen molar-refractivity contribution in [1.29, 1.82) is 0 Å². The Bertz CT molecular complexity index is 298. The molecule has 1 saturated heterocycles. The summed E-state index contributed by atoms with van der Waals surface area (Å²) in [5, 5.41) is 0. The van der Waals surface area contributed by atoms with Crippen molar-refractivity contribution in [3.05, 3.63) is 9.15 Å². The Morgan fingerprint density at radius 1 is 1.60 bits per heavy atom. The molecule has 84 valence electrons. The zero-order valence-electron chi connectivity index (χ0n) is 8.79. The predicted molar refractivity (Wildman–Crippen MR) is 64.8 cm³/mol. The lowest BCUT2D eigenvalue weighted by atomic mass is 9.99. The van der Waals surface area contributed by atoms with Gasteiger partial charge in [-0.25, -0.2) is 0 Å². The van der Waals surface area contributed by atoms with Crippen LogP contribution in [0, 0.1) is 5.92 Å². The maximum atomic E-state index is 10.7. The Balaban J connectivity index is 2.01. The molecule has 3 nitrogen and oxygen atoms in total. The molecular weight excluding hydrogens is 307 g/mol. The number of halogens is 1. The van der Waals surface area contributed by atoms with E-state index in [0.717, 1.165) is 10.2 Å². The van der Waals surface area contributed by atoms with Crippen LogP contribution in [0.1, 0.15) is 26.2 Å². The van der Waals surface area contributed by atoms with Crippen molar-refractivity contribution >= 4 is 28.6 Å². The highest BCUT2D eigenvalue weighted by molar-refractivity contribution is 14.1. The van der Waals surface area contributed by atoms with Crippen molar-refractivity contribution < 1.29 is 14.3 Å². The summed E-state index contributed by atoms with van der Waals surface area (Å²) < 4.78 is 11.9. The number of ether oxygens (including phenoxy) is 2. The minimum atomic E-state index is -0.216. The van der Waals surface area contributed by atoms with Crippen LogP contribution in [-0.2, 0) is 14.3 Å². The molecule has 0 bridgehead atoms. The molecule has 0 aromatic heterocycles. The molecule has 0 spiro atoms. The Morgan fingerprint density at radius 3 is 3.13 bits per heavy atom. The smallest absolute Gasteiger partial charge is 0.302 e. The van der Waals surface area contributed by atoms with Crippen LogP contribution >= 0.6 is 22.6 Å². The van der Waals surface area contributed by atoms with Crippen LogP contribution in [0.3, 0.4) is 0 Å². The highest BCUT2D eigenvalue weighted by Crippen LogP contribution is 2.41. The largest absolute Gasteiger partial charge is 0.461 e. The second-order valence-corrected chi connectivity index (χ2v) is 5.40. The van der Waals surface area contributed by atoms with Gasteiger partial charge in [0.25, 0.3) is 0 Å². The van der Waals surface area contributed by atoms with Gasteiger partial charge in [-0.15, -0.1) is 0 Å². The van der Waals surface area contributed by atoms with E-state index in [1.165, 1.54) is 31.8 Å². The summed E-state index contributed by atoms with van der Waals surface area (Å²) in [5.41, 5.74) is 1.36. The molecule has 4 heteroatoms. The van der Waals surface area contributed by atoms with Gasteiger partial charge in [0.15, 0.2) is 0 Å². The number of esters is 1. The first kappa shape index (κ1) is 11.4. The van der Waals surface area contributed by atoms with E-state index >= 15 is 0 Å². The number of hydrogen-bond acceptors (Lipinski definition) is 3. The van der Waals surface area contributed by atoms with Crippen molar-refractivity contribution in [3.8, 4) is 0 Å². The summed E-state index contributed by atoms with van der Waals surface area (Å²) >= 11 is 2.28. The second kappa shape index (κ2) is 4.82. The van der Waals surface area contributed by atoms with E-state index in [4.69, 9.17) is 9.47 Å². The third-order valence-corrected chi connectivity index (χ3v) is 4.11. The molecule has 15 heavy (non-hydrogen) atoms. The molecule has 1 heterocycles. The molecule has 1 saturated carbocycles. The predicted octanol–water partition coefficient (Wildman–Crippen LogP) is 2.44. The molecule has 0 aromatic rings. The summed E-state index contributed by atoms with van der Waals surface area (Å²) in [4.78, 5) is 10.7. The zero-order chi connectivity index (χ0) is 10.8. The third kappa shape index (κ3) is 2.53. The van der Waals surface area contributed by atoms with Gasteiger partial charge in [-0.2, -0.15) is 0 Å². The van der Waals surface area contributed by atoms with Gasteiger partial charge in [-0.05, 0) is 41.0 Å². The van der Waals surface area contributed by atoms with Crippen LogP contribution in [-0.4, -0.2) is 25.3 Å². The molecule has 0 N–H and O–H groups in total. The molecule has 2 aliphatic rings. The summed E-state index contributed by atoms with van der Waals surface area (Å²) in [5.74, 6) is 0.374. The van der Waals surface area contributed by atoms with E-state index in [1.54, 1.807) is 0 Å². The lowest BCUT2D eigenvalue weighted by Crippen LogP contribution is -2.09. The average Bonchev–Trinajstić information content (AvgIpc) is 2.74. The molecule has 0 amide bonds. The normalized spacial score (nSPS) is 32.7. The van der Waals surface area contributed by atoms with Crippen molar-refractivity contribution in [2.45, 2.75) is 32.3 Å². The first-order chi connectivity index (χ1) is 7.18. The van der Waals surface area contributed by atoms with Gasteiger partial charge in [0.05, 0.1) is 12.7 Å². The lowest BCUT2D eigenvalue weighted by Gasteiger charge is -2.10. The number of carbonyl (C=O) groups excluding carboxylic acids is 1.